The number of fused-ring (bicyclic) bond motifs is 1. The first-order chi connectivity index (χ1) is 13.1. The maximum Gasteiger partial charge on any atom is 0.0682 e. The molecule has 27 heavy (non-hydrogen) atoms. The largest absolute Gasteiger partial charge is 0.392 e. The lowest BCUT2D eigenvalue weighted by Gasteiger charge is -2.26. The van der Waals surface area contributed by atoms with Gasteiger partial charge in [0.2, 0.25) is 0 Å². The summed E-state index contributed by atoms with van der Waals surface area (Å²) in [5, 5.41) is 11.7. The number of aryl methyl sites for hydroxylation is 2. The van der Waals surface area contributed by atoms with E-state index in [0.29, 0.717) is 0 Å². The second kappa shape index (κ2) is 7.26. The van der Waals surface area contributed by atoms with E-state index in [1.165, 1.54) is 11.1 Å². The van der Waals surface area contributed by atoms with Crippen LogP contribution >= 0.6 is 0 Å². The van der Waals surface area contributed by atoms with E-state index in [9.17, 15) is 5.11 Å². The fourth-order valence-electron chi connectivity index (χ4n) is 3.35. The fraction of sp³-hybridized carbons (Fsp3) is 0.120. The Morgan fingerprint density at radius 3 is 1.63 bits per heavy atom. The van der Waals surface area contributed by atoms with Crippen LogP contribution in [0.4, 0.5) is 17.1 Å². The Balaban J connectivity index is 1.85. The molecule has 134 valence electrons. The second-order valence-corrected chi connectivity index (χ2v) is 7.03. The smallest absolute Gasteiger partial charge is 0.0682 e. The quantitative estimate of drug-likeness (QED) is 0.458. The van der Waals surface area contributed by atoms with Gasteiger partial charge in [-0.3, -0.25) is 0 Å². The van der Waals surface area contributed by atoms with Crippen LogP contribution in [0.25, 0.3) is 10.8 Å². The van der Waals surface area contributed by atoms with Crippen LogP contribution in [-0.2, 0) is 6.61 Å². The molecule has 0 fully saturated rings. The van der Waals surface area contributed by atoms with Gasteiger partial charge in [-0.15, -0.1) is 0 Å². The molecule has 2 nitrogen and oxygen atoms in total. The van der Waals surface area contributed by atoms with E-state index in [2.05, 4.69) is 91.5 Å². The van der Waals surface area contributed by atoms with Crippen molar-refractivity contribution in [1.29, 1.82) is 0 Å². The van der Waals surface area contributed by atoms with Gasteiger partial charge in [0.1, 0.15) is 0 Å². The molecule has 0 radical (unpaired) electrons. The molecular weight excluding hydrogens is 330 g/mol. The first-order valence-corrected chi connectivity index (χ1v) is 9.21. The lowest BCUT2D eigenvalue weighted by molar-refractivity contribution is 0.282. The normalized spacial score (nSPS) is 10.9. The molecule has 0 saturated heterocycles. The number of hydrogen-bond donors (Lipinski definition) is 1. The molecule has 0 spiro atoms. The molecule has 0 saturated carbocycles. The maximum atomic E-state index is 9.37. The molecule has 0 aromatic heterocycles. The molecule has 1 N–H and O–H groups in total. The van der Waals surface area contributed by atoms with Crippen molar-refractivity contribution in [1.82, 2.24) is 0 Å². The van der Waals surface area contributed by atoms with Gasteiger partial charge in [-0.05, 0) is 72.6 Å². The maximum absolute atomic E-state index is 9.37. The Morgan fingerprint density at radius 2 is 1.07 bits per heavy atom. The minimum Gasteiger partial charge on any atom is -0.392 e. The van der Waals surface area contributed by atoms with Crippen molar-refractivity contribution in [3.63, 3.8) is 0 Å². The molecule has 0 bridgehead atoms. The summed E-state index contributed by atoms with van der Waals surface area (Å²) in [6.07, 6.45) is 0. The second-order valence-electron chi connectivity index (χ2n) is 7.03. The van der Waals surface area contributed by atoms with Gasteiger partial charge in [0, 0.05) is 17.1 Å². The first kappa shape index (κ1) is 17.3. The highest BCUT2D eigenvalue weighted by Gasteiger charge is 2.13. The van der Waals surface area contributed by atoms with Crippen molar-refractivity contribution < 1.29 is 5.11 Å². The van der Waals surface area contributed by atoms with Crippen molar-refractivity contribution in [3.05, 3.63) is 102 Å². The van der Waals surface area contributed by atoms with Gasteiger partial charge >= 0.3 is 0 Å². The molecule has 4 aromatic rings. The highest BCUT2D eigenvalue weighted by Crippen LogP contribution is 2.36. The summed E-state index contributed by atoms with van der Waals surface area (Å²) < 4.78 is 0. The van der Waals surface area contributed by atoms with Crippen LogP contribution in [0.1, 0.15) is 16.7 Å². The zero-order valence-corrected chi connectivity index (χ0v) is 15.7. The van der Waals surface area contributed by atoms with Crippen molar-refractivity contribution in [2.45, 2.75) is 20.5 Å². The zero-order valence-electron chi connectivity index (χ0n) is 15.7. The van der Waals surface area contributed by atoms with Crippen molar-refractivity contribution in [2.24, 2.45) is 0 Å². The molecule has 0 aliphatic heterocycles. The van der Waals surface area contributed by atoms with Crippen LogP contribution < -0.4 is 4.90 Å². The van der Waals surface area contributed by atoms with Crippen LogP contribution in [0.15, 0.2) is 84.9 Å². The summed E-state index contributed by atoms with van der Waals surface area (Å²) in [4.78, 5) is 2.28. The molecule has 0 aliphatic carbocycles. The Kier molecular flexibility index (Phi) is 4.66. The number of benzene rings is 4. The summed E-state index contributed by atoms with van der Waals surface area (Å²) in [7, 11) is 0. The molecule has 4 rings (SSSR count). The highest BCUT2D eigenvalue weighted by molar-refractivity contribution is 5.89. The fourth-order valence-corrected chi connectivity index (χ4v) is 3.35. The number of aliphatic hydroxyl groups excluding tert-OH is 1. The van der Waals surface area contributed by atoms with E-state index in [0.717, 1.165) is 33.4 Å². The molecule has 0 aliphatic rings. The monoisotopic (exact) mass is 353 g/mol. The van der Waals surface area contributed by atoms with E-state index in [4.69, 9.17) is 0 Å². The Hall–Kier alpha value is -3.10. The summed E-state index contributed by atoms with van der Waals surface area (Å²) in [6.45, 7) is 4.28. The summed E-state index contributed by atoms with van der Waals surface area (Å²) in [6, 6.07) is 29.8. The van der Waals surface area contributed by atoms with Gasteiger partial charge in [0.25, 0.3) is 0 Å². The van der Waals surface area contributed by atoms with Crippen LogP contribution in [-0.4, -0.2) is 5.11 Å². The third-order valence-electron chi connectivity index (χ3n) is 4.91. The number of rotatable bonds is 4. The molecule has 0 unspecified atom stereocenters. The van der Waals surface area contributed by atoms with Crippen LogP contribution in [0.3, 0.4) is 0 Å². The van der Waals surface area contributed by atoms with Crippen molar-refractivity contribution in [3.8, 4) is 0 Å². The van der Waals surface area contributed by atoms with E-state index in [-0.39, 0.29) is 6.61 Å². The average molecular weight is 353 g/mol. The van der Waals surface area contributed by atoms with E-state index in [1.54, 1.807) is 0 Å². The van der Waals surface area contributed by atoms with E-state index >= 15 is 0 Å². The summed E-state index contributed by atoms with van der Waals surface area (Å²) >= 11 is 0. The predicted molar refractivity (Wildman–Crippen MR) is 114 cm³/mol. The van der Waals surface area contributed by atoms with Gasteiger partial charge in [0.15, 0.2) is 0 Å². The van der Waals surface area contributed by atoms with Gasteiger partial charge in [-0.25, -0.2) is 0 Å². The zero-order chi connectivity index (χ0) is 18.8. The molecule has 2 heteroatoms. The number of hydrogen-bond acceptors (Lipinski definition) is 2. The lowest BCUT2D eigenvalue weighted by atomic mass is 10.1. The minimum absolute atomic E-state index is 0.0660. The lowest BCUT2D eigenvalue weighted by Crippen LogP contribution is -2.09. The third-order valence-corrected chi connectivity index (χ3v) is 4.91. The van der Waals surface area contributed by atoms with Crippen molar-refractivity contribution >= 4 is 27.8 Å². The molecule has 0 heterocycles. The third kappa shape index (κ3) is 3.57. The Labute approximate surface area is 160 Å². The predicted octanol–water partition coefficient (Wildman–Crippen LogP) is 6.42. The van der Waals surface area contributed by atoms with Gasteiger partial charge in [0.05, 0.1) is 6.61 Å². The number of aliphatic hydroxyl groups is 1. The molecule has 4 aromatic carbocycles. The molecule has 0 atom stereocenters. The molecular formula is C25H23NO. The van der Waals surface area contributed by atoms with Gasteiger partial charge in [-0.2, -0.15) is 0 Å². The Bertz CT molecular complexity index is 1020. The average Bonchev–Trinajstić information content (AvgIpc) is 2.70. The topological polar surface area (TPSA) is 23.5 Å². The van der Waals surface area contributed by atoms with Crippen LogP contribution in [0.2, 0.25) is 0 Å². The van der Waals surface area contributed by atoms with E-state index < -0.39 is 0 Å². The van der Waals surface area contributed by atoms with Gasteiger partial charge < -0.3 is 10.0 Å². The van der Waals surface area contributed by atoms with Crippen LogP contribution in [0, 0.1) is 13.8 Å². The standard InChI is InChI=1S/C25H23NO/c1-18-3-10-23(11-4-18)26(24-12-5-19(2)6-13-24)25-14-9-21-15-20(17-27)7-8-22(21)16-25/h3-16,27H,17H2,1-2H3. The highest BCUT2D eigenvalue weighted by atomic mass is 16.3. The molecule has 0 amide bonds. The van der Waals surface area contributed by atoms with Gasteiger partial charge in [-0.1, -0.05) is 53.6 Å². The summed E-state index contributed by atoms with van der Waals surface area (Å²) in [5.74, 6) is 0. The number of nitrogens with zero attached hydrogens (tertiary/aromatic N) is 1. The number of anilines is 3. The first-order valence-electron chi connectivity index (χ1n) is 9.21. The Morgan fingerprint density at radius 1 is 0.593 bits per heavy atom. The SMILES string of the molecule is Cc1ccc(N(c2ccc(C)cc2)c2ccc3cc(CO)ccc3c2)cc1. The minimum atomic E-state index is 0.0660. The van der Waals surface area contributed by atoms with E-state index in [1.807, 2.05) is 12.1 Å². The van der Waals surface area contributed by atoms with Crippen LogP contribution in [0.5, 0.6) is 0 Å². The summed E-state index contributed by atoms with van der Waals surface area (Å²) in [5.41, 5.74) is 6.82. The van der Waals surface area contributed by atoms with Crippen molar-refractivity contribution in [2.75, 3.05) is 4.90 Å².